The highest BCUT2D eigenvalue weighted by molar-refractivity contribution is 5.83. The van der Waals surface area contributed by atoms with Crippen LogP contribution in [-0.4, -0.2) is 16.6 Å². The second kappa shape index (κ2) is 3.50. The lowest BCUT2D eigenvalue weighted by molar-refractivity contribution is 0.174. The molecule has 0 unspecified atom stereocenters. The van der Waals surface area contributed by atoms with Gasteiger partial charge in [0.05, 0.1) is 11.2 Å². The van der Waals surface area contributed by atoms with Crippen molar-refractivity contribution in [1.29, 1.82) is 0 Å². The van der Waals surface area contributed by atoms with Crippen LogP contribution in [0.3, 0.4) is 0 Å². The fraction of sp³-hybridized carbons (Fsp3) is 0.0714. The first-order chi connectivity index (χ1) is 8.90. The second-order valence-electron chi connectivity index (χ2n) is 4.17. The molecule has 4 rings (SSSR count). The zero-order chi connectivity index (χ0) is 11.9. The van der Waals surface area contributed by atoms with Crippen molar-refractivity contribution in [3.8, 4) is 17.2 Å². The van der Waals surface area contributed by atoms with Crippen LogP contribution in [0.5, 0.6) is 11.5 Å². The van der Waals surface area contributed by atoms with Crippen LogP contribution in [-0.2, 0) is 0 Å². The Balaban J connectivity index is 1.90. The Labute approximate surface area is 103 Å². The largest absolute Gasteiger partial charge is 0.454 e. The molecule has 0 spiro atoms. The van der Waals surface area contributed by atoms with E-state index in [1.807, 2.05) is 53.3 Å². The van der Waals surface area contributed by atoms with E-state index in [2.05, 4.69) is 5.10 Å². The Bertz CT molecular complexity index is 678. The van der Waals surface area contributed by atoms with Gasteiger partial charge < -0.3 is 9.47 Å². The highest BCUT2D eigenvalue weighted by atomic mass is 16.7. The minimum absolute atomic E-state index is 0.292. The maximum atomic E-state index is 5.36. The lowest BCUT2D eigenvalue weighted by Gasteiger charge is -1.98. The van der Waals surface area contributed by atoms with Crippen molar-refractivity contribution < 1.29 is 9.47 Å². The van der Waals surface area contributed by atoms with E-state index in [9.17, 15) is 0 Å². The van der Waals surface area contributed by atoms with Crippen LogP contribution in [0.4, 0.5) is 0 Å². The molecule has 1 aliphatic heterocycles. The average molecular weight is 238 g/mol. The average Bonchev–Trinajstić information content (AvgIpc) is 3.01. The van der Waals surface area contributed by atoms with E-state index < -0.39 is 0 Å². The third kappa shape index (κ3) is 1.35. The molecule has 1 aliphatic rings. The molecular weight excluding hydrogens is 228 g/mol. The van der Waals surface area contributed by atoms with E-state index in [4.69, 9.17) is 9.47 Å². The van der Waals surface area contributed by atoms with Crippen molar-refractivity contribution in [3.05, 3.63) is 48.7 Å². The van der Waals surface area contributed by atoms with Gasteiger partial charge in [0.1, 0.15) is 0 Å². The van der Waals surface area contributed by atoms with Gasteiger partial charge >= 0.3 is 0 Å². The highest BCUT2D eigenvalue weighted by Gasteiger charge is 2.15. The summed E-state index contributed by atoms with van der Waals surface area (Å²) in [6.07, 6.45) is 1.99. The van der Waals surface area contributed by atoms with Crippen LogP contribution in [0.15, 0.2) is 48.7 Å². The van der Waals surface area contributed by atoms with Crippen molar-refractivity contribution in [2.75, 3.05) is 6.79 Å². The third-order valence-electron chi connectivity index (χ3n) is 3.02. The van der Waals surface area contributed by atoms with Gasteiger partial charge in [0.15, 0.2) is 11.5 Å². The summed E-state index contributed by atoms with van der Waals surface area (Å²) in [7, 11) is 0. The molecule has 2 aromatic carbocycles. The zero-order valence-electron chi connectivity index (χ0n) is 9.54. The maximum absolute atomic E-state index is 5.36. The molecule has 4 nitrogen and oxygen atoms in total. The van der Waals surface area contributed by atoms with Gasteiger partial charge in [0.2, 0.25) is 6.79 Å². The molecule has 1 aromatic heterocycles. The summed E-state index contributed by atoms with van der Waals surface area (Å²) in [6, 6.07) is 13.9. The first-order valence-corrected chi connectivity index (χ1v) is 5.75. The number of nitrogens with zero attached hydrogens (tertiary/aromatic N) is 2. The number of para-hydroxylation sites is 1. The molecule has 18 heavy (non-hydrogen) atoms. The van der Waals surface area contributed by atoms with E-state index >= 15 is 0 Å². The van der Waals surface area contributed by atoms with Crippen molar-refractivity contribution in [2.24, 2.45) is 0 Å². The van der Waals surface area contributed by atoms with Gasteiger partial charge in [-0.2, -0.15) is 5.10 Å². The van der Waals surface area contributed by atoms with Crippen molar-refractivity contribution >= 4 is 10.9 Å². The standard InChI is InChI=1S/C14H10N2O2/c1-2-4-11(5-3-1)16-8-10-6-13-14(18-9-17-13)7-12(10)15-16/h1-8H,9H2. The Hall–Kier alpha value is -2.49. The number of fused-ring (bicyclic) bond motifs is 2. The van der Waals surface area contributed by atoms with Crippen molar-refractivity contribution in [1.82, 2.24) is 9.78 Å². The molecular formula is C14H10N2O2. The lowest BCUT2D eigenvalue weighted by atomic mass is 10.2. The van der Waals surface area contributed by atoms with Crippen LogP contribution in [0.2, 0.25) is 0 Å². The highest BCUT2D eigenvalue weighted by Crippen LogP contribution is 2.35. The van der Waals surface area contributed by atoms with E-state index in [-0.39, 0.29) is 0 Å². The predicted octanol–water partition coefficient (Wildman–Crippen LogP) is 2.75. The van der Waals surface area contributed by atoms with Gasteiger partial charge in [-0.3, -0.25) is 0 Å². The van der Waals surface area contributed by atoms with Crippen LogP contribution in [0, 0.1) is 0 Å². The molecule has 0 amide bonds. The number of aromatic nitrogens is 2. The summed E-state index contributed by atoms with van der Waals surface area (Å²) >= 11 is 0. The molecule has 0 saturated carbocycles. The molecule has 0 fully saturated rings. The molecule has 0 radical (unpaired) electrons. The lowest BCUT2D eigenvalue weighted by Crippen LogP contribution is -1.93. The zero-order valence-corrected chi connectivity index (χ0v) is 9.54. The molecule has 4 heteroatoms. The molecule has 88 valence electrons. The quantitative estimate of drug-likeness (QED) is 0.654. The van der Waals surface area contributed by atoms with Crippen molar-refractivity contribution in [3.63, 3.8) is 0 Å². The van der Waals surface area contributed by atoms with Gasteiger partial charge in [0, 0.05) is 17.6 Å². The topological polar surface area (TPSA) is 36.3 Å². The molecule has 3 aromatic rings. The number of hydrogen-bond acceptors (Lipinski definition) is 3. The van der Waals surface area contributed by atoms with E-state index in [0.29, 0.717) is 6.79 Å². The number of ether oxygens (including phenoxy) is 2. The molecule has 0 N–H and O–H groups in total. The molecule has 0 saturated heterocycles. The molecule has 2 heterocycles. The van der Waals surface area contributed by atoms with E-state index in [0.717, 1.165) is 28.1 Å². The van der Waals surface area contributed by atoms with Gasteiger partial charge in [-0.05, 0) is 18.2 Å². The second-order valence-corrected chi connectivity index (χ2v) is 4.17. The minimum atomic E-state index is 0.292. The Morgan fingerprint density at radius 3 is 2.61 bits per heavy atom. The monoisotopic (exact) mass is 238 g/mol. The first kappa shape index (κ1) is 9.53. The normalized spacial score (nSPS) is 13.1. The first-order valence-electron chi connectivity index (χ1n) is 5.75. The van der Waals surface area contributed by atoms with Gasteiger partial charge in [0.25, 0.3) is 0 Å². The van der Waals surface area contributed by atoms with Crippen LogP contribution < -0.4 is 9.47 Å². The number of benzene rings is 2. The molecule has 0 aliphatic carbocycles. The maximum Gasteiger partial charge on any atom is 0.231 e. The summed E-state index contributed by atoms with van der Waals surface area (Å²) in [5.74, 6) is 1.55. The van der Waals surface area contributed by atoms with Crippen LogP contribution >= 0.6 is 0 Å². The van der Waals surface area contributed by atoms with Gasteiger partial charge in [-0.15, -0.1) is 0 Å². The van der Waals surface area contributed by atoms with Crippen molar-refractivity contribution in [2.45, 2.75) is 0 Å². The Morgan fingerprint density at radius 2 is 1.78 bits per heavy atom. The fourth-order valence-electron chi connectivity index (χ4n) is 2.13. The summed E-state index contributed by atoms with van der Waals surface area (Å²) in [5, 5.41) is 5.59. The Kier molecular flexibility index (Phi) is 1.85. The minimum Gasteiger partial charge on any atom is -0.454 e. The van der Waals surface area contributed by atoms with Gasteiger partial charge in [-0.25, -0.2) is 4.68 Å². The fourth-order valence-corrected chi connectivity index (χ4v) is 2.13. The van der Waals surface area contributed by atoms with E-state index in [1.165, 1.54) is 0 Å². The molecule has 0 atom stereocenters. The summed E-state index contributed by atoms with van der Waals surface area (Å²) in [6.45, 7) is 0.292. The number of rotatable bonds is 1. The van der Waals surface area contributed by atoms with Gasteiger partial charge in [-0.1, -0.05) is 18.2 Å². The summed E-state index contributed by atoms with van der Waals surface area (Å²) < 4.78 is 12.6. The van der Waals surface area contributed by atoms with Crippen LogP contribution in [0.25, 0.3) is 16.6 Å². The Morgan fingerprint density at radius 1 is 1.00 bits per heavy atom. The smallest absolute Gasteiger partial charge is 0.231 e. The molecule has 0 bridgehead atoms. The summed E-state index contributed by atoms with van der Waals surface area (Å²) in [5.41, 5.74) is 1.94. The SMILES string of the molecule is c1ccc(-n2cc3cc4c(cc3n2)OCO4)cc1. The third-order valence-corrected chi connectivity index (χ3v) is 3.02. The number of hydrogen-bond donors (Lipinski definition) is 0. The van der Waals surface area contributed by atoms with E-state index in [1.54, 1.807) is 0 Å². The summed E-state index contributed by atoms with van der Waals surface area (Å²) in [4.78, 5) is 0. The predicted molar refractivity (Wildman–Crippen MR) is 67.2 cm³/mol. The van der Waals surface area contributed by atoms with Crippen LogP contribution in [0.1, 0.15) is 0 Å².